The first-order chi connectivity index (χ1) is 6.67. The zero-order chi connectivity index (χ0) is 10.6. The molecule has 0 aliphatic rings. The number of halogens is 1. The number of hydrogen-bond donors (Lipinski definition) is 3. The molecule has 0 fully saturated rings. The molecular formula is C7H12ClN3O2S. The van der Waals surface area contributed by atoms with E-state index in [1.807, 2.05) is 6.92 Å². The lowest BCUT2D eigenvalue weighted by Gasteiger charge is -2.29. The highest BCUT2D eigenvalue weighted by Crippen LogP contribution is 2.23. The van der Waals surface area contributed by atoms with Crippen LogP contribution in [0.15, 0.2) is 0 Å². The number of aliphatic hydroxyl groups is 2. The van der Waals surface area contributed by atoms with Gasteiger partial charge in [-0.05, 0) is 6.42 Å². The van der Waals surface area contributed by atoms with E-state index in [0.717, 1.165) is 11.7 Å². The Hall–Kier alpha value is -0.430. The molecule has 5 nitrogen and oxygen atoms in total. The van der Waals surface area contributed by atoms with Crippen LogP contribution in [0.5, 0.6) is 0 Å². The van der Waals surface area contributed by atoms with Gasteiger partial charge in [0.1, 0.15) is 0 Å². The van der Waals surface area contributed by atoms with Gasteiger partial charge in [-0.1, -0.05) is 18.5 Å². The largest absolute Gasteiger partial charge is 0.394 e. The van der Waals surface area contributed by atoms with Gasteiger partial charge in [0, 0.05) is 0 Å². The summed E-state index contributed by atoms with van der Waals surface area (Å²) in [5, 5.41) is 21.5. The van der Waals surface area contributed by atoms with Crippen molar-refractivity contribution in [2.24, 2.45) is 0 Å². The van der Waals surface area contributed by atoms with E-state index in [-0.39, 0.29) is 18.4 Å². The number of aromatic nitrogens is 2. The molecule has 7 heteroatoms. The first kappa shape index (κ1) is 11.6. The number of hydrogen-bond acceptors (Lipinski definition) is 6. The second-order valence-electron chi connectivity index (χ2n) is 2.98. The molecule has 0 amide bonds. The predicted octanol–water partition coefficient (Wildman–Crippen LogP) is 0.737. The molecular weight excluding hydrogens is 226 g/mol. The summed E-state index contributed by atoms with van der Waals surface area (Å²) in [5.74, 6) is 0.404. The van der Waals surface area contributed by atoms with Crippen molar-refractivity contribution in [2.45, 2.75) is 18.9 Å². The van der Waals surface area contributed by atoms with Crippen molar-refractivity contribution in [3.05, 3.63) is 5.15 Å². The summed E-state index contributed by atoms with van der Waals surface area (Å²) in [6.45, 7) is 1.48. The van der Waals surface area contributed by atoms with Crippen LogP contribution in [0.1, 0.15) is 13.3 Å². The third-order valence-corrected chi connectivity index (χ3v) is 3.01. The van der Waals surface area contributed by atoms with E-state index in [1.54, 1.807) is 0 Å². The van der Waals surface area contributed by atoms with Gasteiger partial charge in [0.05, 0.1) is 30.5 Å². The lowest BCUT2D eigenvalue weighted by Crippen LogP contribution is -2.45. The standard InChI is InChI=1S/C7H12ClN3O2S/c1-2-7(3-12,4-13)9-6-5(8)10-14-11-6/h12-13H,2-4H2,1H3,(H,9,11). The van der Waals surface area contributed by atoms with Gasteiger partial charge in [-0.15, -0.1) is 0 Å². The number of nitrogens with zero attached hydrogens (tertiary/aromatic N) is 2. The molecule has 0 radical (unpaired) electrons. The molecule has 0 spiro atoms. The fraction of sp³-hybridized carbons (Fsp3) is 0.714. The Morgan fingerprint density at radius 3 is 2.43 bits per heavy atom. The number of aliphatic hydroxyl groups excluding tert-OH is 2. The van der Waals surface area contributed by atoms with Crippen molar-refractivity contribution in [1.29, 1.82) is 0 Å². The molecule has 14 heavy (non-hydrogen) atoms. The quantitative estimate of drug-likeness (QED) is 0.704. The second kappa shape index (κ2) is 4.88. The lowest BCUT2D eigenvalue weighted by molar-refractivity contribution is 0.132. The Bertz CT molecular complexity index is 282. The molecule has 0 aromatic carbocycles. The van der Waals surface area contributed by atoms with E-state index in [9.17, 15) is 0 Å². The van der Waals surface area contributed by atoms with Gasteiger partial charge in [-0.25, -0.2) is 0 Å². The van der Waals surface area contributed by atoms with E-state index < -0.39 is 5.54 Å². The van der Waals surface area contributed by atoms with Gasteiger partial charge < -0.3 is 15.5 Å². The summed E-state index contributed by atoms with van der Waals surface area (Å²) in [6, 6.07) is 0. The van der Waals surface area contributed by atoms with Gasteiger partial charge in [-0.3, -0.25) is 0 Å². The Balaban J connectivity index is 2.79. The van der Waals surface area contributed by atoms with Crippen LogP contribution in [0, 0.1) is 0 Å². The SMILES string of the molecule is CCC(CO)(CO)Nc1nsnc1Cl. The fourth-order valence-corrected chi connectivity index (χ4v) is 1.59. The summed E-state index contributed by atoms with van der Waals surface area (Å²) >= 11 is 6.71. The van der Waals surface area contributed by atoms with Crippen LogP contribution in [-0.4, -0.2) is 37.7 Å². The van der Waals surface area contributed by atoms with Crippen molar-refractivity contribution in [3.63, 3.8) is 0 Å². The predicted molar refractivity (Wildman–Crippen MR) is 55.7 cm³/mol. The Morgan fingerprint density at radius 1 is 1.43 bits per heavy atom. The van der Waals surface area contributed by atoms with Crippen LogP contribution >= 0.6 is 23.3 Å². The summed E-state index contributed by atoms with van der Waals surface area (Å²) in [4.78, 5) is 0. The molecule has 0 saturated carbocycles. The van der Waals surface area contributed by atoms with Crippen LogP contribution in [0.4, 0.5) is 5.82 Å². The number of anilines is 1. The first-order valence-corrected chi connectivity index (χ1v) is 5.26. The van der Waals surface area contributed by atoms with Crippen LogP contribution in [-0.2, 0) is 0 Å². The second-order valence-corrected chi connectivity index (χ2v) is 3.87. The summed E-state index contributed by atoms with van der Waals surface area (Å²) in [6.07, 6.45) is 0.563. The van der Waals surface area contributed by atoms with Crippen LogP contribution in [0.2, 0.25) is 5.15 Å². The van der Waals surface area contributed by atoms with Gasteiger partial charge in [0.25, 0.3) is 0 Å². The normalized spacial score (nSPS) is 11.7. The summed E-state index contributed by atoms with van der Waals surface area (Å²) in [7, 11) is 0. The maximum absolute atomic E-state index is 9.16. The minimum absolute atomic E-state index is 0.187. The molecule has 3 N–H and O–H groups in total. The minimum atomic E-state index is -0.778. The molecule has 1 heterocycles. The fourth-order valence-electron chi connectivity index (χ4n) is 0.945. The summed E-state index contributed by atoms with van der Waals surface area (Å²) in [5.41, 5.74) is -0.778. The lowest BCUT2D eigenvalue weighted by atomic mass is 9.99. The third kappa shape index (κ3) is 2.33. The van der Waals surface area contributed by atoms with Crippen molar-refractivity contribution in [3.8, 4) is 0 Å². The Kier molecular flexibility index (Phi) is 4.06. The van der Waals surface area contributed by atoms with E-state index in [1.165, 1.54) is 0 Å². The van der Waals surface area contributed by atoms with Crippen molar-refractivity contribution < 1.29 is 10.2 Å². The van der Waals surface area contributed by atoms with Crippen molar-refractivity contribution in [2.75, 3.05) is 18.5 Å². The maximum atomic E-state index is 9.16. The van der Waals surface area contributed by atoms with E-state index in [0.29, 0.717) is 12.2 Å². The molecule has 0 saturated heterocycles. The van der Waals surface area contributed by atoms with E-state index in [4.69, 9.17) is 21.8 Å². The van der Waals surface area contributed by atoms with E-state index >= 15 is 0 Å². The first-order valence-electron chi connectivity index (χ1n) is 4.15. The van der Waals surface area contributed by atoms with Gasteiger partial charge >= 0.3 is 0 Å². The molecule has 0 unspecified atom stereocenters. The zero-order valence-electron chi connectivity index (χ0n) is 7.70. The van der Waals surface area contributed by atoms with Gasteiger partial charge in [0.2, 0.25) is 0 Å². The molecule has 0 atom stereocenters. The van der Waals surface area contributed by atoms with Gasteiger partial charge in [0.15, 0.2) is 11.0 Å². The maximum Gasteiger partial charge on any atom is 0.186 e. The van der Waals surface area contributed by atoms with E-state index in [2.05, 4.69) is 14.1 Å². The molecule has 1 aromatic heterocycles. The van der Waals surface area contributed by atoms with Crippen LogP contribution in [0.25, 0.3) is 0 Å². The monoisotopic (exact) mass is 237 g/mol. The highest BCUT2D eigenvalue weighted by Gasteiger charge is 2.28. The van der Waals surface area contributed by atoms with Gasteiger partial charge in [-0.2, -0.15) is 8.75 Å². The summed E-state index contributed by atoms with van der Waals surface area (Å²) < 4.78 is 7.68. The molecule has 80 valence electrons. The highest BCUT2D eigenvalue weighted by molar-refractivity contribution is 6.99. The minimum Gasteiger partial charge on any atom is -0.394 e. The average Bonchev–Trinajstić information content (AvgIpc) is 2.61. The zero-order valence-corrected chi connectivity index (χ0v) is 9.27. The molecule has 1 rings (SSSR count). The van der Waals surface area contributed by atoms with Crippen molar-refractivity contribution >= 4 is 29.1 Å². The number of rotatable bonds is 5. The van der Waals surface area contributed by atoms with Crippen molar-refractivity contribution in [1.82, 2.24) is 8.75 Å². The highest BCUT2D eigenvalue weighted by atomic mass is 35.5. The molecule has 0 aliphatic heterocycles. The average molecular weight is 238 g/mol. The molecule has 0 bridgehead atoms. The topological polar surface area (TPSA) is 78.3 Å². The Labute approximate surface area is 91.1 Å². The van der Waals surface area contributed by atoms with Crippen LogP contribution < -0.4 is 5.32 Å². The van der Waals surface area contributed by atoms with Crippen LogP contribution in [0.3, 0.4) is 0 Å². The smallest absolute Gasteiger partial charge is 0.186 e. The third-order valence-electron chi connectivity index (χ3n) is 2.11. The Morgan fingerprint density at radius 2 is 2.07 bits per heavy atom. The number of nitrogens with one attached hydrogen (secondary N) is 1. The molecule has 0 aliphatic carbocycles. The molecule has 1 aromatic rings.